The molecule has 0 atom stereocenters. The zero-order valence-electron chi connectivity index (χ0n) is 10.6. The second-order valence-electron chi connectivity index (χ2n) is 4.27. The molecule has 0 saturated heterocycles. The molecule has 1 amide bonds. The normalized spacial score (nSPS) is 9.80. The molecule has 4 nitrogen and oxygen atoms in total. The number of carbonyl (C=O) groups excluding carboxylic acids is 1. The summed E-state index contributed by atoms with van der Waals surface area (Å²) in [5, 5.41) is 11.8. The minimum Gasteiger partial charge on any atom is -0.399 e. The average molecular weight is 330 g/mol. The Hall–Kier alpha value is -2.32. The highest BCUT2D eigenvalue weighted by atomic mass is 79.9. The average Bonchev–Trinajstić information content (AvgIpc) is 2.41. The van der Waals surface area contributed by atoms with Crippen molar-refractivity contribution in [2.45, 2.75) is 6.42 Å². The zero-order valence-corrected chi connectivity index (χ0v) is 12.1. The molecule has 5 heteroatoms. The predicted molar refractivity (Wildman–Crippen MR) is 82.0 cm³/mol. The molecule has 0 aliphatic carbocycles. The molecule has 0 heterocycles. The maximum absolute atomic E-state index is 12.0. The lowest BCUT2D eigenvalue weighted by atomic mass is 10.1. The van der Waals surface area contributed by atoms with Gasteiger partial charge >= 0.3 is 0 Å². The highest BCUT2D eigenvalue weighted by Gasteiger charge is 2.08. The highest BCUT2D eigenvalue weighted by Crippen LogP contribution is 2.21. The first-order valence-corrected chi connectivity index (χ1v) is 6.71. The minimum absolute atomic E-state index is 0.177. The van der Waals surface area contributed by atoms with E-state index < -0.39 is 0 Å². The van der Waals surface area contributed by atoms with Crippen molar-refractivity contribution in [3.8, 4) is 6.07 Å². The third kappa shape index (κ3) is 3.59. The molecule has 0 aromatic heterocycles. The van der Waals surface area contributed by atoms with Crippen LogP contribution in [0.1, 0.15) is 11.1 Å². The Bertz CT molecular complexity index is 675. The first-order valence-electron chi connectivity index (χ1n) is 5.92. The summed E-state index contributed by atoms with van der Waals surface area (Å²) in [5.41, 5.74) is 8.05. The summed E-state index contributed by atoms with van der Waals surface area (Å²) in [4.78, 5) is 12.0. The number of rotatable bonds is 3. The number of nitrogens with two attached hydrogens (primary N) is 1. The van der Waals surface area contributed by atoms with Crippen LogP contribution in [0.4, 0.5) is 11.4 Å². The molecule has 2 aromatic carbocycles. The van der Waals surface area contributed by atoms with Gasteiger partial charge in [-0.2, -0.15) is 5.26 Å². The molecule has 3 N–H and O–H groups in total. The molecule has 2 aromatic rings. The maximum atomic E-state index is 12.0. The van der Waals surface area contributed by atoms with Crippen molar-refractivity contribution in [1.29, 1.82) is 5.26 Å². The Morgan fingerprint density at radius 2 is 1.95 bits per heavy atom. The molecule has 0 unspecified atom stereocenters. The largest absolute Gasteiger partial charge is 0.399 e. The number of nitrogens with one attached hydrogen (secondary N) is 1. The number of hydrogen-bond donors (Lipinski definition) is 2. The number of nitrogen functional groups attached to an aromatic ring is 1. The molecule has 0 spiro atoms. The molecule has 2 rings (SSSR count). The van der Waals surface area contributed by atoms with E-state index in [9.17, 15) is 4.79 Å². The Labute approximate surface area is 125 Å². The van der Waals surface area contributed by atoms with Gasteiger partial charge in [0.2, 0.25) is 5.91 Å². The lowest BCUT2D eigenvalue weighted by Gasteiger charge is -2.08. The fourth-order valence-corrected chi connectivity index (χ4v) is 2.09. The van der Waals surface area contributed by atoms with Crippen molar-refractivity contribution >= 4 is 33.2 Å². The third-order valence-corrected chi connectivity index (χ3v) is 3.21. The summed E-state index contributed by atoms with van der Waals surface area (Å²) in [6, 6.07) is 14.3. The standard InChI is InChI=1S/C15H12BrN3O/c16-12-4-3-11(9-17)14(8-12)19-15(20)7-10-1-5-13(18)6-2-10/h1-6,8H,7,18H2,(H,19,20). The summed E-state index contributed by atoms with van der Waals surface area (Å²) in [6.07, 6.45) is 0.234. The molecule has 100 valence electrons. The van der Waals surface area contributed by atoms with Gasteiger partial charge in [0.25, 0.3) is 0 Å². The van der Waals surface area contributed by atoms with Crippen LogP contribution in [0.15, 0.2) is 46.9 Å². The fourth-order valence-electron chi connectivity index (χ4n) is 1.73. The summed E-state index contributed by atoms with van der Waals surface area (Å²) in [7, 11) is 0. The van der Waals surface area contributed by atoms with Crippen LogP contribution in [0.5, 0.6) is 0 Å². The molecule has 20 heavy (non-hydrogen) atoms. The van der Waals surface area contributed by atoms with Gasteiger partial charge in [-0.15, -0.1) is 0 Å². The lowest BCUT2D eigenvalue weighted by molar-refractivity contribution is -0.115. The van der Waals surface area contributed by atoms with Crippen LogP contribution >= 0.6 is 15.9 Å². The first-order chi connectivity index (χ1) is 9.58. The maximum Gasteiger partial charge on any atom is 0.228 e. The fraction of sp³-hybridized carbons (Fsp3) is 0.0667. The van der Waals surface area contributed by atoms with E-state index in [4.69, 9.17) is 11.0 Å². The van der Waals surface area contributed by atoms with Gasteiger partial charge in [0.1, 0.15) is 6.07 Å². The zero-order chi connectivity index (χ0) is 14.5. The van der Waals surface area contributed by atoms with Crippen molar-refractivity contribution in [1.82, 2.24) is 0 Å². The van der Waals surface area contributed by atoms with Gasteiger partial charge in [-0.25, -0.2) is 0 Å². The van der Waals surface area contributed by atoms with Crippen molar-refractivity contribution in [3.63, 3.8) is 0 Å². The second kappa shape index (κ2) is 6.22. The van der Waals surface area contributed by atoms with Crippen LogP contribution in [0.2, 0.25) is 0 Å². The smallest absolute Gasteiger partial charge is 0.228 e. The summed E-state index contributed by atoms with van der Waals surface area (Å²) >= 11 is 3.32. The van der Waals surface area contributed by atoms with Gasteiger partial charge in [-0.1, -0.05) is 28.1 Å². The first kappa shape index (κ1) is 14.1. The van der Waals surface area contributed by atoms with Crippen LogP contribution in [0, 0.1) is 11.3 Å². The second-order valence-corrected chi connectivity index (χ2v) is 5.18. The molecule has 0 aliphatic heterocycles. The molecule has 0 radical (unpaired) electrons. The van der Waals surface area contributed by atoms with Crippen LogP contribution in [0.25, 0.3) is 0 Å². The molecular formula is C15H12BrN3O. The van der Waals surface area contributed by atoms with E-state index in [0.29, 0.717) is 16.9 Å². The van der Waals surface area contributed by atoms with Crippen molar-refractivity contribution in [3.05, 3.63) is 58.1 Å². The topological polar surface area (TPSA) is 78.9 Å². The van der Waals surface area contributed by atoms with E-state index in [1.807, 2.05) is 6.07 Å². The highest BCUT2D eigenvalue weighted by molar-refractivity contribution is 9.10. The number of hydrogen-bond acceptors (Lipinski definition) is 3. The van der Waals surface area contributed by atoms with Crippen molar-refractivity contribution in [2.24, 2.45) is 0 Å². The van der Waals surface area contributed by atoms with Crippen LogP contribution in [0.3, 0.4) is 0 Å². The Balaban J connectivity index is 2.10. The number of anilines is 2. The van der Waals surface area contributed by atoms with Gasteiger partial charge in [0.05, 0.1) is 17.7 Å². The van der Waals surface area contributed by atoms with E-state index in [1.165, 1.54) is 0 Å². The van der Waals surface area contributed by atoms with Gasteiger partial charge in [0, 0.05) is 10.2 Å². The van der Waals surface area contributed by atoms with Crippen LogP contribution < -0.4 is 11.1 Å². The third-order valence-electron chi connectivity index (χ3n) is 2.72. The number of nitrogens with zero attached hydrogens (tertiary/aromatic N) is 1. The minimum atomic E-state index is -0.177. The number of nitriles is 1. The number of halogens is 1. The van der Waals surface area contributed by atoms with Gasteiger partial charge in [-0.05, 0) is 35.9 Å². The van der Waals surface area contributed by atoms with Crippen LogP contribution in [-0.2, 0) is 11.2 Å². The number of benzene rings is 2. The number of carbonyl (C=O) groups is 1. The van der Waals surface area contributed by atoms with E-state index >= 15 is 0 Å². The SMILES string of the molecule is N#Cc1ccc(Br)cc1NC(=O)Cc1ccc(N)cc1. The summed E-state index contributed by atoms with van der Waals surface area (Å²) < 4.78 is 0.805. The van der Waals surface area contributed by atoms with Crippen LogP contribution in [-0.4, -0.2) is 5.91 Å². The Morgan fingerprint density at radius 3 is 2.60 bits per heavy atom. The monoisotopic (exact) mass is 329 g/mol. The van der Waals surface area contributed by atoms with Gasteiger partial charge in [-0.3, -0.25) is 4.79 Å². The molecule has 0 saturated carbocycles. The summed E-state index contributed by atoms with van der Waals surface area (Å²) in [5.74, 6) is -0.177. The predicted octanol–water partition coefficient (Wildman–Crippen LogP) is 3.08. The van der Waals surface area contributed by atoms with Crippen molar-refractivity contribution in [2.75, 3.05) is 11.1 Å². The molecular weight excluding hydrogens is 318 g/mol. The Kier molecular flexibility index (Phi) is 4.38. The van der Waals surface area contributed by atoms with E-state index in [-0.39, 0.29) is 12.3 Å². The molecule has 0 fully saturated rings. The quantitative estimate of drug-likeness (QED) is 0.849. The van der Waals surface area contributed by atoms with Crippen molar-refractivity contribution < 1.29 is 4.79 Å². The molecule has 0 aliphatic rings. The summed E-state index contributed by atoms with van der Waals surface area (Å²) in [6.45, 7) is 0. The van der Waals surface area contributed by atoms with Gasteiger partial charge < -0.3 is 11.1 Å². The van der Waals surface area contributed by atoms with Gasteiger partial charge in [0.15, 0.2) is 0 Å². The van der Waals surface area contributed by atoms with E-state index in [2.05, 4.69) is 21.2 Å². The Morgan fingerprint density at radius 1 is 1.25 bits per heavy atom. The lowest BCUT2D eigenvalue weighted by Crippen LogP contribution is -2.15. The van der Waals surface area contributed by atoms with E-state index in [0.717, 1.165) is 10.0 Å². The molecule has 0 bridgehead atoms. The number of amides is 1. The van der Waals surface area contributed by atoms with E-state index in [1.54, 1.807) is 42.5 Å².